The Bertz CT molecular complexity index is 782. The molecule has 0 atom stereocenters. The maximum atomic E-state index is 12.3. The van der Waals surface area contributed by atoms with E-state index in [1.165, 1.54) is 0 Å². The summed E-state index contributed by atoms with van der Waals surface area (Å²) in [6.45, 7) is 2.11. The highest BCUT2D eigenvalue weighted by Gasteiger charge is 2.19. The Morgan fingerprint density at radius 1 is 1.32 bits per heavy atom. The Balaban J connectivity index is 1.73. The van der Waals surface area contributed by atoms with E-state index < -0.39 is 0 Å². The molecular formula is C15H14N4O2S. The van der Waals surface area contributed by atoms with Crippen LogP contribution < -0.4 is 0 Å². The first kappa shape index (κ1) is 14.4. The summed E-state index contributed by atoms with van der Waals surface area (Å²) in [7, 11) is 1.71. The van der Waals surface area contributed by atoms with Crippen molar-refractivity contribution in [2.24, 2.45) is 0 Å². The van der Waals surface area contributed by atoms with E-state index in [-0.39, 0.29) is 5.91 Å². The molecule has 0 spiro atoms. The molecule has 3 aromatic rings. The van der Waals surface area contributed by atoms with Crippen LogP contribution in [-0.2, 0) is 6.54 Å². The zero-order valence-corrected chi connectivity index (χ0v) is 13.0. The Morgan fingerprint density at radius 2 is 2.09 bits per heavy atom. The molecular weight excluding hydrogens is 300 g/mol. The lowest BCUT2D eigenvalue weighted by molar-refractivity contribution is 0.0776. The van der Waals surface area contributed by atoms with Crippen molar-refractivity contribution in [3.8, 4) is 11.3 Å². The van der Waals surface area contributed by atoms with E-state index in [4.69, 9.17) is 4.52 Å². The number of hydrogen-bond donors (Lipinski definition) is 0. The topological polar surface area (TPSA) is 72.1 Å². The summed E-state index contributed by atoms with van der Waals surface area (Å²) in [5, 5.41) is 7.90. The molecule has 0 fully saturated rings. The molecule has 0 aliphatic heterocycles. The van der Waals surface area contributed by atoms with Gasteiger partial charge in [0.05, 0.1) is 12.2 Å². The van der Waals surface area contributed by atoms with Gasteiger partial charge in [0.25, 0.3) is 5.91 Å². The molecule has 2 aromatic heterocycles. The van der Waals surface area contributed by atoms with Crippen molar-refractivity contribution in [1.82, 2.24) is 19.6 Å². The minimum Gasteiger partial charge on any atom is -0.359 e. The van der Waals surface area contributed by atoms with E-state index in [1.54, 1.807) is 18.9 Å². The Morgan fingerprint density at radius 3 is 2.77 bits per heavy atom. The summed E-state index contributed by atoms with van der Waals surface area (Å²) in [6.07, 6.45) is 0. The number of aromatic nitrogens is 3. The largest absolute Gasteiger partial charge is 0.359 e. The van der Waals surface area contributed by atoms with Gasteiger partial charge in [-0.3, -0.25) is 4.79 Å². The summed E-state index contributed by atoms with van der Waals surface area (Å²) in [5.41, 5.74) is 2.38. The van der Waals surface area contributed by atoms with Crippen LogP contribution in [0.2, 0.25) is 0 Å². The summed E-state index contributed by atoms with van der Waals surface area (Å²) in [5.74, 6) is 0.509. The van der Waals surface area contributed by atoms with Gasteiger partial charge >= 0.3 is 0 Å². The highest BCUT2D eigenvalue weighted by molar-refractivity contribution is 7.07. The fraction of sp³-hybridized carbons (Fsp3) is 0.200. The number of carbonyl (C=O) groups is 1. The zero-order chi connectivity index (χ0) is 15.5. The third kappa shape index (κ3) is 2.89. The van der Waals surface area contributed by atoms with E-state index in [2.05, 4.69) is 14.7 Å². The molecule has 2 heterocycles. The maximum Gasteiger partial charge on any atom is 0.267 e. The number of benzene rings is 1. The molecule has 0 radical (unpaired) electrons. The highest BCUT2D eigenvalue weighted by Crippen LogP contribution is 2.20. The number of aryl methyl sites for hydroxylation is 1. The van der Waals surface area contributed by atoms with Crippen molar-refractivity contribution in [2.45, 2.75) is 13.5 Å². The van der Waals surface area contributed by atoms with Gasteiger partial charge in [0.15, 0.2) is 5.76 Å². The Hall–Kier alpha value is -2.54. The molecule has 112 valence electrons. The second kappa shape index (κ2) is 6.07. The van der Waals surface area contributed by atoms with Crippen molar-refractivity contribution in [1.29, 1.82) is 0 Å². The zero-order valence-electron chi connectivity index (χ0n) is 12.2. The van der Waals surface area contributed by atoms with Gasteiger partial charge in [-0.05, 0) is 18.5 Å². The van der Waals surface area contributed by atoms with E-state index in [0.717, 1.165) is 22.8 Å². The van der Waals surface area contributed by atoms with Crippen LogP contribution >= 0.6 is 11.5 Å². The molecule has 0 aliphatic rings. The number of amides is 1. The van der Waals surface area contributed by atoms with Crippen LogP contribution in [0.5, 0.6) is 0 Å². The smallest absolute Gasteiger partial charge is 0.267 e. The number of nitrogens with zero attached hydrogens (tertiary/aromatic N) is 4. The van der Waals surface area contributed by atoms with E-state index in [1.807, 2.05) is 36.4 Å². The molecule has 22 heavy (non-hydrogen) atoms. The molecule has 1 aromatic carbocycles. The van der Waals surface area contributed by atoms with Crippen molar-refractivity contribution < 1.29 is 9.32 Å². The first-order valence-corrected chi connectivity index (χ1v) is 7.48. The molecule has 0 aliphatic carbocycles. The van der Waals surface area contributed by atoms with Crippen LogP contribution in [0.4, 0.5) is 0 Å². The third-order valence-electron chi connectivity index (χ3n) is 3.21. The first-order valence-electron chi connectivity index (χ1n) is 6.70. The number of carbonyl (C=O) groups excluding carboxylic acids is 1. The van der Waals surface area contributed by atoms with Crippen molar-refractivity contribution in [3.63, 3.8) is 0 Å². The van der Waals surface area contributed by atoms with E-state index >= 15 is 0 Å². The van der Waals surface area contributed by atoms with Crippen LogP contribution in [0.25, 0.3) is 11.3 Å². The lowest BCUT2D eigenvalue weighted by Crippen LogP contribution is -2.25. The standard InChI is InChI=1S/C15H14N4O2S/c1-10-14(22-18-16-10)15(20)19(2)9-12-8-13(17-21-12)11-6-4-3-5-7-11/h3-8H,9H2,1-2H3. The van der Waals surface area contributed by atoms with Gasteiger partial charge < -0.3 is 9.42 Å². The second-order valence-electron chi connectivity index (χ2n) is 4.89. The molecule has 1 amide bonds. The Labute approximate surface area is 131 Å². The highest BCUT2D eigenvalue weighted by atomic mass is 32.1. The molecule has 7 heteroatoms. The quantitative estimate of drug-likeness (QED) is 0.740. The van der Waals surface area contributed by atoms with Crippen LogP contribution in [0.3, 0.4) is 0 Å². The van der Waals surface area contributed by atoms with Gasteiger partial charge in [-0.1, -0.05) is 40.0 Å². The maximum absolute atomic E-state index is 12.3. The lowest BCUT2D eigenvalue weighted by atomic mass is 10.1. The summed E-state index contributed by atoms with van der Waals surface area (Å²) >= 11 is 1.10. The minimum absolute atomic E-state index is 0.120. The fourth-order valence-electron chi connectivity index (χ4n) is 2.04. The van der Waals surface area contributed by atoms with E-state index in [9.17, 15) is 4.79 Å². The van der Waals surface area contributed by atoms with Crippen LogP contribution in [0.15, 0.2) is 40.9 Å². The SMILES string of the molecule is Cc1nnsc1C(=O)N(C)Cc1cc(-c2ccccc2)no1. The van der Waals surface area contributed by atoms with Gasteiger partial charge in [-0.15, -0.1) is 5.10 Å². The minimum atomic E-state index is -0.120. The third-order valence-corrected chi connectivity index (χ3v) is 4.03. The molecule has 3 rings (SSSR count). The average Bonchev–Trinajstić information content (AvgIpc) is 3.16. The van der Waals surface area contributed by atoms with Crippen molar-refractivity contribution >= 4 is 17.4 Å². The summed E-state index contributed by atoms with van der Waals surface area (Å²) < 4.78 is 9.10. The first-order chi connectivity index (χ1) is 10.6. The Kier molecular flexibility index (Phi) is 3.97. The van der Waals surface area contributed by atoms with Gasteiger partial charge in [-0.25, -0.2) is 0 Å². The van der Waals surface area contributed by atoms with Gasteiger partial charge in [-0.2, -0.15) is 0 Å². The van der Waals surface area contributed by atoms with Crippen LogP contribution in [0.1, 0.15) is 21.1 Å². The molecule has 0 N–H and O–H groups in total. The second-order valence-corrected chi connectivity index (χ2v) is 5.65. The predicted molar refractivity (Wildman–Crippen MR) is 82.4 cm³/mol. The molecule has 0 bridgehead atoms. The van der Waals surface area contributed by atoms with Gasteiger partial charge in [0, 0.05) is 18.7 Å². The lowest BCUT2D eigenvalue weighted by Gasteiger charge is -2.13. The van der Waals surface area contributed by atoms with Gasteiger partial charge in [0.2, 0.25) is 0 Å². The molecule has 0 saturated heterocycles. The summed E-state index contributed by atoms with van der Waals surface area (Å²) in [6, 6.07) is 11.6. The van der Waals surface area contributed by atoms with Gasteiger partial charge in [0.1, 0.15) is 10.6 Å². The molecule has 0 saturated carbocycles. The number of rotatable bonds is 4. The van der Waals surface area contributed by atoms with Crippen molar-refractivity contribution in [2.75, 3.05) is 7.05 Å². The number of hydrogen-bond acceptors (Lipinski definition) is 6. The van der Waals surface area contributed by atoms with Crippen LogP contribution in [0, 0.1) is 6.92 Å². The normalized spacial score (nSPS) is 10.6. The predicted octanol–water partition coefficient (Wildman–Crippen LogP) is 2.77. The fourth-order valence-corrected chi connectivity index (χ4v) is 2.69. The van der Waals surface area contributed by atoms with Crippen molar-refractivity contribution in [3.05, 3.63) is 52.7 Å². The molecule has 6 nitrogen and oxygen atoms in total. The molecule has 0 unspecified atom stereocenters. The van der Waals surface area contributed by atoms with Crippen LogP contribution in [-0.4, -0.2) is 32.6 Å². The average molecular weight is 314 g/mol. The van der Waals surface area contributed by atoms with E-state index in [0.29, 0.717) is 22.9 Å². The summed E-state index contributed by atoms with van der Waals surface area (Å²) in [4.78, 5) is 14.4. The monoisotopic (exact) mass is 314 g/mol.